The van der Waals surface area contributed by atoms with E-state index in [4.69, 9.17) is 30.3 Å². The van der Waals surface area contributed by atoms with Crippen LogP contribution in [0, 0.1) is 0 Å². The number of quaternary nitrogens is 1. The highest BCUT2D eigenvalue weighted by molar-refractivity contribution is 8.60. The Hall–Kier alpha value is -0.700. The van der Waals surface area contributed by atoms with Crippen molar-refractivity contribution in [3.05, 3.63) is 25.3 Å². The summed E-state index contributed by atoms with van der Waals surface area (Å²) in [6.45, 7) is 8.58. The van der Waals surface area contributed by atoms with E-state index in [1.165, 1.54) is 51.4 Å². The van der Waals surface area contributed by atoms with Gasteiger partial charge in [-0.25, -0.2) is 0 Å². The normalized spacial score (nSPS) is 13.7. The molecule has 0 aromatic heterocycles. The van der Waals surface area contributed by atoms with E-state index >= 15 is 0 Å². The number of ether oxygens (including phenoxy) is 2. The fourth-order valence-electron chi connectivity index (χ4n) is 4.15. The van der Waals surface area contributed by atoms with Crippen LogP contribution in [0.1, 0.15) is 116 Å². The molecular formula is C32H61NO6PS2+. The number of carbonyl (C=O) groups excluding carboxylic acids is 2. The Kier molecular flexibility index (Phi) is 26.2. The number of rotatable bonds is 30. The summed E-state index contributed by atoms with van der Waals surface area (Å²) in [5.41, 5.74) is -2.83. The van der Waals surface area contributed by atoms with Crippen LogP contribution in [0.4, 0.5) is 0 Å². The third kappa shape index (κ3) is 29.4. The average Bonchev–Trinajstić information content (AvgIpc) is 2.92. The van der Waals surface area contributed by atoms with Gasteiger partial charge in [0, 0.05) is 12.8 Å². The minimum absolute atomic E-state index is 0.0270. The molecule has 0 spiro atoms. The fourth-order valence-corrected chi connectivity index (χ4v) is 5.74. The lowest BCUT2D eigenvalue weighted by atomic mass is 10.1. The number of allylic oxidation sites excluding steroid dienone is 2. The molecule has 0 radical (unpaired) electrons. The maximum atomic E-state index is 12.6. The van der Waals surface area contributed by atoms with Crippen molar-refractivity contribution >= 4 is 41.7 Å². The second-order valence-electron chi connectivity index (χ2n) is 12.0. The van der Waals surface area contributed by atoms with E-state index in [9.17, 15) is 9.59 Å². The molecule has 0 aliphatic rings. The number of nitrogens with zero attached hydrogens (tertiary/aromatic N) is 1. The molecule has 0 aromatic carbocycles. The number of carbonyl (C=O) groups is 2. The second-order valence-corrected chi connectivity index (χ2v) is 17.3. The molecule has 0 heterocycles. The van der Waals surface area contributed by atoms with Gasteiger partial charge in [-0.2, -0.15) is 0 Å². The van der Waals surface area contributed by atoms with Gasteiger partial charge in [-0.05, 0) is 50.3 Å². The van der Waals surface area contributed by atoms with Crippen molar-refractivity contribution in [2.45, 2.75) is 122 Å². The van der Waals surface area contributed by atoms with E-state index in [-0.39, 0.29) is 25.2 Å². The van der Waals surface area contributed by atoms with Crippen LogP contribution in [-0.2, 0) is 39.9 Å². The van der Waals surface area contributed by atoms with E-state index in [2.05, 4.69) is 46.5 Å². The Morgan fingerprint density at radius 2 is 1.19 bits per heavy atom. The monoisotopic (exact) mass is 650 g/mol. The predicted molar refractivity (Wildman–Crippen MR) is 182 cm³/mol. The zero-order valence-electron chi connectivity index (χ0n) is 26.9. The van der Waals surface area contributed by atoms with Gasteiger partial charge in [0.2, 0.25) is 5.69 Å². The van der Waals surface area contributed by atoms with Crippen molar-refractivity contribution in [3.63, 3.8) is 0 Å². The minimum atomic E-state index is -2.83. The van der Waals surface area contributed by atoms with Gasteiger partial charge in [0.05, 0.1) is 27.7 Å². The van der Waals surface area contributed by atoms with E-state index in [0.29, 0.717) is 19.4 Å². The van der Waals surface area contributed by atoms with Gasteiger partial charge in [-0.3, -0.25) is 9.59 Å². The van der Waals surface area contributed by atoms with E-state index < -0.39 is 11.8 Å². The van der Waals surface area contributed by atoms with Crippen LogP contribution < -0.4 is 0 Å². The third-order valence-electron chi connectivity index (χ3n) is 6.75. The fraction of sp³-hybridized carbons (Fsp3) is 0.812. The first-order valence-corrected chi connectivity index (χ1v) is 19.8. The van der Waals surface area contributed by atoms with E-state index in [1.807, 2.05) is 12.2 Å². The Morgan fingerprint density at radius 1 is 0.738 bits per heavy atom. The van der Waals surface area contributed by atoms with Crippen LogP contribution >= 0.6 is 17.9 Å². The molecule has 1 unspecified atom stereocenters. The Bertz CT molecular complexity index is 775. The van der Waals surface area contributed by atoms with Crippen molar-refractivity contribution in [1.29, 1.82) is 0 Å². The molecule has 42 heavy (non-hydrogen) atoms. The van der Waals surface area contributed by atoms with Crippen LogP contribution in [0.25, 0.3) is 0 Å². The number of thiol groups is 1. The van der Waals surface area contributed by atoms with Crippen LogP contribution in [-0.4, -0.2) is 70.0 Å². The van der Waals surface area contributed by atoms with E-state index in [1.54, 1.807) is 0 Å². The molecule has 0 saturated carbocycles. The SMILES string of the molecule is C=CCCCCCCCCCC(=O)OC[C@H](COP(=S)(S)OCC[N+](C)(C)C)OC(=O)CCCCCCCCCC=C. The van der Waals surface area contributed by atoms with Crippen LogP contribution in [0.5, 0.6) is 0 Å². The summed E-state index contributed by atoms with van der Waals surface area (Å²) in [4.78, 5) is 24.9. The van der Waals surface area contributed by atoms with Gasteiger partial charge in [0.25, 0.3) is 0 Å². The number of unbranched alkanes of at least 4 members (excludes halogenated alkanes) is 14. The van der Waals surface area contributed by atoms with Crippen LogP contribution in [0.15, 0.2) is 25.3 Å². The lowest BCUT2D eigenvalue weighted by Crippen LogP contribution is -2.37. The highest BCUT2D eigenvalue weighted by atomic mass is 32.9. The molecule has 0 aliphatic carbocycles. The molecule has 0 amide bonds. The Morgan fingerprint density at radius 3 is 1.67 bits per heavy atom. The molecule has 0 fully saturated rings. The molecule has 7 nitrogen and oxygen atoms in total. The molecule has 10 heteroatoms. The summed E-state index contributed by atoms with van der Waals surface area (Å²) < 4.78 is 23.3. The van der Waals surface area contributed by atoms with Crippen molar-refractivity contribution in [1.82, 2.24) is 0 Å². The number of likely N-dealkylation sites (N-methyl/N-ethyl adjacent to an activating group) is 1. The summed E-state index contributed by atoms with van der Waals surface area (Å²) >= 11 is 9.85. The second kappa shape index (κ2) is 26.7. The quantitative estimate of drug-likeness (QED) is 0.0208. The van der Waals surface area contributed by atoms with Crippen LogP contribution in [0.3, 0.4) is 0 Å². The summed E-state index contributed by atoms with van der Waals surface area (Å²) in [6, 6.07) is 0. The Labute approximate surface area is 268 Å². The average molecular weight is 651 g/mol. The lowest BCUT2D eigenvalue weighted by Gasteiger charge is -2.26. The first kappa shape index (κ1) is 41.3. The molecule has 0 N–H and O–H groups in total. The summed E-state index contributed by atoms with van der Waals surface area (Å²) in [6.07, 6.45) is 21.4. The maximum Gasteiger partial charge on any atom is 0.306 e. The first-order chi connectivity index (χ1) is 20.0. The summed E-state index contributed by atoms with van der Waals surface area (Å²) in [7, 11) is 6.18. The van der Waals surface area contributed by atoms with Crippen molar-refractivity contribution in [3.8, 4) is 0 Å². The van der Waals surface area contributed by atoms with Gasteiger partial charge in [0.15, 0.2) is 6.10 Å². The van der Waals surface area contributed by atoms with E-state index in [0.717, 1.165) is 62.4 Å². The first-order valence-electron chi connectivity index (χ1n) is 16.0. The molecule has 0 aromatic rings. The summed E-state index contributed by atoms with van der Waals surface area (Å²) in [5.74, 6) is -0.614. The van der Waals surface area contributed by atoms with Crippen LogP contribution in [0.2, 0.25) is 0 Å². The summed E-state index contributed by atoms with van der Waals surface area (Å²) in [5, 5.41) is 0. The smallest absolute Gasteiger partial charge is 0.306 e. The zero-order valence-corrected chi connectivity index (χ0v) is 29.5. The number of hydrogen-bond acceptors (Lipinski definition) is 7. The van der Waals surface area contributed by atoms with Crippen molar-refractivity contribution < 1.29 is 32.6 Å². The van der Waals surface area contributed by atoms with Crippen molar-refractivity contribution in [2.75, 3.05) is 47.5 Å². The minimum Gasteiger partial charge on any atom is -0.462 e. The zero-order chi connectivity index (χ0) is 31.5. The molecule has 0 aliphatic heterocycles. The third-order valence-corrected chi connectivity index (χ3v) is 9.06. The predicted octanol–water partition coefficient (Wildman–Crippen LogP) is 8.73. The van der Waals surface area contributed by atoms with Gasteiger partial charge < -0.3 is 23.0 Å². The molecule has 246 valence electrons. The van der Waals surface area contributed by atoms with Gasteiger partial charge in [-0.1, -0.05) is 88.6 Å². The molecular weight excluding hydrogens is 589 g/mol. The van der Waals surface area contributed by atoms with Crippen molar-refractivity contribution in [2.24, 2.45) is 0 Å². The van der Waals surface area contributed by atoms with Gasteiger partial charge in [-0.15, -0.1) is 13.2 Å². The topological polar surface area (TPSA) is 71.1 Å². The molecule has 0 saturated heterocycles. The molecule has 2 atom stereocenters. The largest absolute Gasteiger partial charge is 0.462 e. The number of esters is 2. The molecule has 0 bridgehead atoms. The lowest BCUT2D eigenvalue weighted by molar-refractivity contribution is -0.870. The highest BCUT2D eigenvalue weighted by Crippen LogP contribution is 2.53. The maximum absolute atomic E-state index is 12.6. The standard InChI is InChI=1S/C32H60NO6PS2/c1-6-8-10-12-14-16-18-20-22-24-31(34)36-28-30(29-38-40(41,42)37-27-26-33(3,4)5)39-32(35)25-23-21-19-17-15-13-11-9-7-2/h6-7,30H,1-2,8-29H2,3-5H3/p+1/t30-/m1/s1. The highest BCUT2D eigenvalue weighted by Gasteiger charge is 2.23. The van der Waals surface area contributed by atoms with Gasteiger partial charge >= 0.3 is 11.9 Å². The number of hydrogen-bond donors (Lipinski definition) is 1. The molecule has 0 rings (SSSR count). The Balaban J connectivity index is 4.52. The van der Waals surface area contributed by atoms with Gasteiger partial charge in [0.1, 0.15) is 19.8 Å².